The molecule has 6 nitrogen and oxygen atoms in total. The Labute approximate surface area is 198 Å². The first-order valence-corrected chi connectivity index (χ1v) is 12.0. The van der Waals surface area contributed by atoms with Crippen molar-refractivity contribution < 1.29 is 19.1 Å². The monoisotopic (exact) mass is 456 g/mol. The second kappa shape index (κ2) is 7.11. The number of Topliss-reactive ketones (excluding diaryl/α,β-unsaturated/α-hetero) is 2. The van der Waals surface area contributed by atoms with Crippen molar-refractivity contribution in [3.05, 3.63) is 65.2 Å². The first-order valence-electron chi connectivity index (χ1n) is 12.0. The van der Waals surface area contributed by atoms with E-state index in [4.69, 9.17) is 10.5 Å². The van der Waals surface area contributed by atoms with Crippen molar-refractivity contribution in [1.29, 1.82) is 0 Å². The smallest absolute Gasteiger partial charge is 0.221 e. The Morgan fingerprint density at radius 3 is 2.74 bits per heavy atom. The van der Waals surface area contributed by atoms with E-state index in [1.807, 2.05) is 24.4 Å². The molecule has 2 saturated carbocycles. The highest BCUT2D eigenvalue weighted by atomic mass is 16.5. The number of nitrogens with two attached hydrogens (primary N) is 1. The van der Waals surface area contributed by atoms with Gasteiger partial charge in [0.2, 0.25) is 5.91 Å². The van der Waals surface area contributed by atoms with Gasteiger partial charge in [-0.25, -0.2) is 0 Å². The van der Waals surface area contributed by atoms with Gasteiger partial charge in [-0.1, -0.05) is 25.1 Å². The lowest BCUT2D eigenvalue weighted by Crippen LogP contribution is -2.52. The molecule has 0 saturated heterocycles. The van der Waals surface area contributed by atoms with Crippen LogP contribution in [0.2, 0.25) is 0 Å². The number of allylic oxidation sites excluding steroid dienone is 3. The van der Waals surface area contributed by atoms with Crippen molar-refractivity contribution in [3.63, 3.8) is 0 Å². The van der Waals surface area contributed by atoms with Crippen LogP contribution in [0.25, 0.3) is 10.8 Å². The van der Waals surface area contributed by atoms with Crippen LogP contribution in [0.4, 0.5) is 0 Å². The Kier molecular flexibility index (Phi) is 4.45. The predicted molar refractivity (Wildman–Crippen MR) is 126 cm³/mol. The summed E-state index contributed by atoms with van der Waals surface area (Å²) in [4.78, 5) is 42.4. The van der Waals surface area contributed by atoms with Crippen molar-refractivity contribution in [2.45, 2.75) is 57.5 Å². The molecule has 2 fully saturated rings. The standard InChI is InChI=1S/C28H28N2O4/c1-27-7-5-19-12-20-21(31)10-18(26(29)33)11-23(20)34-28(19,2)24(27)13-22(32)25(27)16-3-4-17-14-30-8-6-15(17)9-16/h3-4,6,8-9,12,14,18,24-25H,5,7,10-11,13H2,1-2H3,(H2,29,33). The molecule has 4 aliphatic rings. The largest absolute Gasteiger partial charge is 0.486 e. The van der Waals surface area contributed by atoms with Crippen LogP contribution in [0, 0.1) is 17.3 Å². The lowest BCUT2D eigenvalue weighted by Gasteiger charge is -2.53. The molecule has 2 heterocycles. The molecule has 2 N–H and O–H groups in total. The fraction of sp³-hybridized carbons (Fsp3) is 0.429. The molecule has 0 radical (unpaired) electrons. The zero-order chi connectivity index (χ0) is 23.8. The van der Waals surface area contributed by atoms with Crippen molar-refractivity contribution >= 4 is 28.2 Å². The van der Waals surface area contributed by atoms with Gasteiger partial charge in [0.15, 0.2) is 5.78 Å². The van der Waals surface area contributed by atoms with Gasteiger partial charge in [-0.15, -0.1) is 0 Å². The third-order valence-corrected chi connectivity index (χ3v) is 8.94. The number of amides is 1. The van der Waals surface area contributed by atoms with Crippen LogP contribution in [0.3, 0.4) is 0 Å². The topological polar surface area (TPSA) is 99.3 Å². The molecule has 174 valence electrons. The number of hydrogen-bond donors (Lipinski definition) is 1. The van der Waals surface area contributed by atoms with Crippen LogP contribution in [0.1, 0.15) is 57.4 Å². The zero-order valence-electron chi connectivity index (χ0n) is 19.5. The molecular formula is C28H28N2O4. The maximum absolute atomic E-state index is 13.6. The first-order chi connectivity index (χ1) is 16.2. The van der Waals surface area contributed by atoms with Crippen molar-refractivity contribution in [2.75, 3.05) is 0 Å². The molecule has 6 heteroatoms. The highest BCUT2D eigenvalue weighted by Gasteiger charge is 2.63. The van der Waals surface area contributed by atoms with Crippen LogP contribution in [-0.4, -0.2) is 28.1 Å². The second-order valence-corrected chi connectivity index (χ2v) is 10.8. The molecule has 6 rings (SSSR count). The number of carbonyl (C=O) groups excluding carboxylic acids is 3. The molecule has 1 aromatic heterocycles. The number of rotatable bonds is 2. The number of carbonyl (C=O) groups is 3. The maximum Gasteiger partial charge on any atom is 0.221 e. The highest BCUT2D eigenvalue weighted by Crippen LogP contribution is 2.64. The number of primary amides is 1. The van der Waals surface area contributed by atoms with Crippen molar-refractivity contribution in [3.8, 4) is 0 Å². The Bertz CT molecular complexity index is 1340. The predicted octanol–water partition coefficient (Wildman–Crippen LogP) is 4.14. The minimum absolute atomic E-state index is 0.0243. The summed E-state index contributed by atoms with van der Waals surface area (Å²) in [6, 6.07) is 8.21. The normalized spacial score (nSPS) is 34.8. The van der Waals surface area contributed by atoms with E-state index in [0.717, 1.165) is 34.8 Å². The quantitative estimate of drug-likeness (QED) is 0.732. The van der Waals surface area contributed by atoms with Crippen LogP contribution in [-0.2, 0) is 19.1 Å². The molecule has 0 spiro atoms. The summed E-state index contributed by atoms with van der Waals surface area (Å²) in [6.07, 6.45) is 8.13. The van der Waals surface area contributed by atoms with Gasteiger partial charge in [0.1, 0.15) is 17.1 Å². The van der Waals surface area contributed by atoms with E-state index in [-0.39, 0.29) is 35.2 Å². The number of ketones is 2. The van der Waals surface area contributed by atoms with E-state index < -0.39 is 17.4 Å². The van der Waals surface area contributed by atoms with E-state index in [9.17, 15) is 14.4 Å². The number of nitrogens with zero attached hydrogens (tertiary/aromatic N) is 1. The first kappa shape index (κ1) is 21.3. The van der Waals surface area contributed by atoms with Gasteiger partial charge in [0.25, 0.3) is 0 Å². The van der Waals surface area contributed by atoms with Gasteiger partial charge in [0, 0.05) is 48.9 Å². The summed E-state index contributed by atoms with van der Waals surface area (Å²) in [7, 11) is 0. The third-order valence-electron chi connectivity index (χ3n) is 8.94. The summed E-state index contributed by atoms with van der Waals surface area (Å²) in [5, 5.41) is 2.14. The van der Waals surface area contributed by atoms with Gasteiger partial charge < -0.3 is 10.5 Å². The Hall–Kier alpha value is -3.28. The average Bonchev–Trinajstić information content (AvgIpc) is 3.08. The van der Waals surface area contributed by atoms with E-state index in [0.29, 0.717) is 24.2 Å². The summed E-state index contributed by atoms with van der Waals surface area (Å²) in [5.74, 6) is -0.531. The number of pyridine rings is 1. The van der Waals surface area contributed by atoms with Crippen molar-refractivity contribution in [1.82, 2.24) is 4.98 Å². The lowest BCUT2D eigenvalue weighted by atomic mass is 9.56. The third kappa shape index (κ3) is 2.87. The van der Waals surface area contributed by atoms with E-state index in [2.05, 4.69) is 31.0 Å². The fourth-order valence-electron chi connectivity index (χ4n) is 7.12. The number of ether oxygens (including phenoxy) is 1. The maximum atomic E-state index is 13.6. The summed E-state index contributed by atoms with van der Waals surface area (Å²) in [6.45, 7) is 4.28. The number of fused-ring (bicyclic) bond motifs is 4. The van der Waals surface area contributed by atoms with Crippen LogP contribution >= 0.6 is 0 Å². The second-order valence-electron chi connectivity index (χ2n) is 10.8. The fourth-order valence-corrected chi connectivity index (χ4v) is 7.12. The SMILES string of the molecule is CC12OC3=C(C=C1CCC1(C)C(c4ccc5cnccc5c4)C(=O)CC21)C(=O)CC(C(N)=O)C3. The molecule has 0 bridgehead atoms. The molecule has 34 heavy (non-hydrogen) atoms. The Morgan fingerprint density at radius 1 is 1.12 bits per heavy atom. The molecule has 1 amide bonds. The van der Waals surface area contributed by atoms with Gasteiger partial charge in [0.05, 0.1) is 11.5 Å². The molecular weight excluding hydrogens is 428 g/mol. The minimum Gasteiger partial charge on any atom is -0.486 e. The van der Waals surface area contributed by atoms with Gasteiger partial charge >= 0.3 is 0 Å². The van der Waals surface area contributed by atoms with Gasteiger partial charge in [-0.3, -0.25) is 19.4 Å². The van der Waals surface area contributed by atoms with E-state index in [1.54, 1.807) is 6.20 Å². The number of aromatic nitrogens is 1. The average molecular weight is 457 g/mol. The van der Waals surface area contributed by atoms with E-state index in [1.165, 1.54) is 0 Å². The van der Waals surface area contributed by atoms with Crippen LogP contribution in [0.5, 0.6) is 0 Å². The van der Waals surface area contributed by atoms with Gasteiger partial charge in [-0.05, 0) is 53.8 Å². The molecule has 2 aromatic rings. The lowest BCUT2D eigenvalue weighted by molar-refractivity contribution is -0.129. The number of benzene rings is 1. The van der Waals surface area contributed by atoms with Gasteiger partial charge in [-0.2, -0.15) is 0 Å². The zero-order valence-corrected chi connectivity index (χ0v) is 19.5. The number of hydrogen-bond acceptors (Lipinski definition) is 5. The van der Waals surface area contributed by atoms with Crippen molar-refractivity contribution in [2.24, 2.45) is 23.0 Å². The molecule has 5 unspecified atom stereocenters. The van der Waals surface area contributed by atoms with E-state index >= 15 is 0 Å². The summed E-state index contributed by atoms with van der Waals surface area (Å²) in [5.41, 5.74) is 7.28. The Balaban J connectivity index is 1.39. The summed E-state index contributed by atoms with van der Waals surface area (Å²) < 4.78 is 6.64. The highest BCUT2D eigenvalue weighted by molar-refractivity contribution is 6.02. The molecule has 3 aliphatic carbocycles. The Morgan fingerprint density at radius 2 is 1.94 bits per heavy atom. The van der Waals surface area contributed by atoms with Crippen LogP contribution < -0.4 is 5.73 Å². The molecule has 5 atom stereocenters. The molecule has 1 aromatic carbocycles. The minimum atomic E-state index is -0.684. The molecule has 1 aliphatic heterocycles. The van der Waals surface area contributed by atoms with Crippen LogP contribution in [0.15, 0.2) is 59.6 Å². The summed E-state index contributed by atoms with van der Waals surface area (Å²) >= 11 is 0.